The molecule has 0 heterocycles. The van der Waals surface area contributed by atoms with Crippen LogP contribution in [-0.2, 0) is 30.8 Å². The molecule has 2 aromatic carbocycles. The van der Waals surface area contributed by atoms with Gasteiger partial charge >= 0.3 is 5.97 Å². The normalized spacial score (nSPS) is 29.9. The molecule has 0 aliphatic heterocycles. The molecule has 184 valence electrons. The number of nitrogens with two attached hydrogens (primary N) is 1. The molecule has 2 fully saturated rings. The molecule has 1 amide bonds. The number of carboxylic acids is 1. The molecule has 2 aromatic rings. The molecule has 2 saturated carbocycles. The van der Waals surface area contributed by atoms with Gasteiger partial charge in [0.15, 0.2) is 9.84 Å². The Morgan fingerprint density at radius 3 is 2.34 bits per heavy atom. The number of halogens is 2. The van der Waals surface area contributed by atoms with Crippen molar-refractivity contribution in [3.8, 4) is 6.07 Å². The van der Waals surface area contributed by atoms with E-state index >= 15 is 0 Å². The summed E-state index contributed by atoms with van der Waals surface area (Å²) in [5.41, 5.74) is 2.67. The van der Waals surface area contributed by atoms with Crippen LogP contribution in [-0.4, -0.2) is 36.8 Å². The first kappa shape index (κ1) is 25.5. The molecule has 0 saturated heterocycles. The fraction of sp³-hybridized carbons (Fsp3) is 0.375. The van der Waals surface area contributed by atoms with Gasteiger partial charge in [0.1, 0.15) is 10.8 Å². The number of hydrogen-bond donors (Lipinski definition) is 2. The molecule has 0 radical (unpaired) electrons. The first-order valence-corrected chi connectivity index (χ1v) is 13.1. The summed E-state index contributed by atoms with van der Waals surface area (Å²) in [7, 11) is -4.06. The van der Waals surface area contributed by atoms with Crippen molar-refractivity contribution in [2.75, 3.05) is 0 Å². The first-order chi connectivity index (χ1) is 16.5. The van der Waals surface area contributed by atoms with Gasteiger partial charge in [-0.3, -0.25) is 9.59 Å². The van der Waals surface area contributed by atoms with Crippen molar-refractivity contribution in [1.29, 1.82) is 5.26 Å². The first-order valence-electron chi connectivity index (χ1n) is 10.8. The van der Waals surface area contributed by atoms with Crippen LogP contribution in [0.25, 0.3) is 0 Å². The third kappa shape index (κ3) is 4.19. The zero-order valence-corrected chi connectivity index (χ0v) is 20.7. The Morgan fingerprint density at radius 1 is 1.14 bits per heavy atom. The number of amides is 1. The Hall–Kier alpha value is -2.64. The average molecular weight is 537 g/mol. The van der Waals surface area contributed by atoms with Gasteiger partial charge in [-0.15, -0.1) is 0 Å². The Balaban J connectivity index is 1.74. The number of primary amides is 1. The number of carbonyl (C=O) groups excluding carboxylic acids is 1. The molecule has 8 nitrogen and oxygen atoms in total. The summed E-state index contributed by atoms with van der Waals surface area (Å²) >= 11 is 12.1. The van der Waals surface area contributed by atoms with Crippen LogP contribution in [0.3, 0.4) is 0 Å². The number of ether oxygens (including phenoxy) is 1. The summed E-state index contributed by atoms with van der Waals surface area (Å²) < 4.78 is 33.1. The summed E-state index contributed by atoms with van der Waals surface area (Å²) in [5.74, 6) is -3.25. The van der Waals surface area contributed by atoms with Crippen LogP contribution in [0, 0.1) is 28.1 Å². The molecular weight excluding hydrogens is 515 g/mol. The van der Waals surface area contributed by atoms with Gasteiger partial charge in [-0.05, 0) is 49.1 Å². The molecule has 0 bridgehead atoms. The smallest absolute Gasteiger partial charge is 0.312 e. The molecule has 2 aliphatic rings. The molecule has 2 unspecified atom stereocenters. The van der Waals surface area contributed by atoms with Crippen LogP contribution >= 0.6 is 23.2 Å². The van der Waals surface area contributed by atoms with Gasteiger partial charge in [-0.2, -0.15) is 5.26 Å². The van der Waals surface area contributed by atoms with E-state index in [0.29, 0.717) is 10.6 Å². The van der Waals surface area contributed by atoms with Gasteiger partial charge in [0.05, 0.1) is 33.9 Å². The average Bonchev–Trinajstić information content (AvgIpc) is 3.45. The summed E-state index contributed by atoms with van der Waals surface area (Å²) in [5, 5.41) is 19.5. The lowest BCUT2D eigenvalue weighted by atomic mass is 9.75. The van der Waals surface area contributed by atoms with E-state index in [-0.39, 0.29) is 35.8 Å². The lowest BCUT2D eigenvalue weighted by molar-refractivity contribution is -0.161. The predicted molar refractivity (Wildman–Crippen MR) is 127 cm³/mol. The number of nitrogens with zero attached hydrogens (tertiary/aromatic N) is 1. The molecule has 5 atom stereocenters. The van der Waals surface area contributed by atoms with Crippen molar-refractivity contribution in [2.45, 2.75) is 42.1 Å². The van der Waals surface area contributed by atoms with E-state index in [1.807, 2.05) is 6.07 Å². The molecule has 4 rings (SSSR count). The second kappa shape index (κ2) is 9.10. The van der Waals surface area contributed by atoms with Gasteiger partial charge in [0.25, 0.3) is 0 Å². The van der Waals surface area contributed by atoms with E-state index < -0.39 is 49.8 Å². The molecule has 2 aliphatic carbocycles. The van der Waals surface area contributed by atoms with Crippen LogP contribution in [0.5, 0.6) is 0 Å². The lowest BCUT2D eigenvalue weighted by Crippen LogP contribution is -2.45. The highest BCUT2D eigenvalue weighted by Gasteiger charge is 2.75. The minimum absolute atomic E-state index is 0.0153. The number of benzene rings is 2. The molecular formula is C24H22Cl2N2O6S. The number of rotatable bonds is 8. The Bertz CT molecular complexity index is 1330. The summed E-state index contributed by atoms with van der Waals surface area (Å²) in [6.45, 7) is -0.0153. The number of carboxylic acid groups (broad SMARTS) is 1. The second-order valence-electron chi connectivity index (χ2n) is 9.01. The molecule has 0 spiro atoms. The maximum absolute atomic E-state index is 13.5. The molecule has 35 heavy (non-hydrogen) atoms. The van der Waals surface area contributed by atoms with Crippen LogP contribution in [0.1, 0.15) is 24.8 Å². The third-order valence-corrected chi connectivity index (χ3v) is 10.1. The van der Waals surface area contributed by atoms with E-state index in [1.54, 1.807) is 30.3 Å². The van der Waals surface area contributed by atoms with Crippen molar-refractivity contribution >= 4 is 44.9 Å². The van der Waals surface area contributed by atoms with E-state index in [0.717, 1.165) is 0 Å². The predicted octanol–water partition coefficient (Wildman–Crippen LogP) is 3.60. The fourth-order valence-electron chi connectivity index (χ4n) is 5.20. The maximum Gasteiger partial charge on any atom is 0.312 e. The fourth-order valence-corrected chi connectivity index (χ4v) is 7.68. The number of carbonyl (C=O) groups is 2. The number of sulfone groups is 1. The standard InChI is InChI=1S/C24H22Cl2N2O6S/c25-15-7-5-14(6-8-15)12-34-20-9-16(35(32,33)18-4-2-1-3-17(18)26)10-24(20,22(30)31)19-11-23(19,13-27)21(28)29/h1-8,16,19-20H,9-12H2,(H2,28,29)(H,30,31)/t16-,19?,20+,23?,24+/m1/s1. The Labute approximate surface area is 212 Å². The van der Waals surface area contributed by atoms with Crippen molar-refractivity contribution in [3.05, 3.63) is 64.1 Å². The van der Waals surface area contributed by atoms with Crippen molar-refractivity contribution < 1.29 is 27.9 Å². The number of nitriles is 1. The summed E-state index contributed by atoms with van der Waals surface area (Å²) in [6, 6.07) is 14.5. The second-order valence-corrected chi connectivity index (χ2v) is 12.1. The van der Waals surface area contributed by atoms with E-state index in [2.05, 4.69) is 0 Å². The largest absolute Gasteiger partial charge is 0.481 e. The Morgan fingerprint density at radius 2 is 1.80 bits per heavy atom. The van der Waals surface area contributed by atoms with Gasteiger partial charge in [-0.25, -0.2) is 8.42 Å². The minimum atomic E-state index is -4.06. The highest BCUT2D eigenvalue weighted by atomic mass is 35.5. The SMILES string of the molecule is N#CC1(C(N)=O)CC1[C@@]1(C(=O)O)C[C@H](S(=O)(=O)c2ccccc2Cl)C[C@@H]1OCc1ccc(Cl)cc1. The topological polar surface area (TPSA) is 148 Å². The minimum Gasteiger partial charge on any atom is -0.481 e. The molecule has 0 aromatic heterocycles. The third-order valence-electron chi connectivity index (χ3n) is 7.18. The highest BCUT2D eigenvalue weighted by molar-refractivity contribution is 7.92. The summed E-state index contributed by atoms with van der Waals surface area (Å²) in [6.07, 6.45) is -1.67. The van der Waals surface area contributed by atoms with Gasteiger partial charge in [0.2, 0.25) is 5.91 Å². The molecule has 3 N–H and O–H groups in total. The van der Waals surface area contributed by atoms with Crippen molar-refractivity contribution in [2.24, 2.45) is 22.5 Å². The lowest BCUT2D eigenvalue weighted by Gasteiger charge is -2.32. The highest BCUT2D eigenvalue weighted by Crippen LogP contribution is 2.66. The number of aliphatic carboxylic acids is 1. The van der Waals surface area contributed by atoms with Crippen LogP contribution < -0.4 is 5.73 Å². The van der Waals surface area contributed by atoms with E-state index in [4.69, 9.17) is 33.7 Å². The van der Waals surface area contributed by atoms with E-state index in [1.165, 1.54) is 18.2 Å². The zero-order chi connectivity index (χ0) is 25.6. The van der Waals surface area contributed by atoms with Crippen molar-refractivity contribution in [1.82, 2.24) is 0 Å². The van der Waals surface area contributed by atoms with Gasteiger partial charge in [-0.1, -0.05) is 47.5 Å². The van der Waals surface area contributed by atoms with Crippen molar-refractivity contribution in [3.63, 3.8) is 0 Å². The van der Waals surface area contributed by atoms with E-state index in [9.17, 15) is 28.4 Å². The quantitative estimate of drug-likeness (QED) is 0.523. The monoisotopic (exact) mass is 536 g/mol. The zero-order valence-electron chi connectivity index (χ0n) is 18.4. The maximum atomic E-state index is 13.5. The van der Waals surface area contributed by atoms with Crippen LogP contribution in [0.4, 0.5) is 0 Å². The van der Waals surface area contributed by atoms with Gasteiger partial charge in [0, 0.05) is 10.9 Å². The van der Waals surface area contributed by atoms with Gasteiger partial charge < -0.3 is 15.6 Å². The summed E-state index contributed by atoms with van der Waals surface area (Å²) in [4.78, 5) is 24.8. The van der Waals surface area contributed by atoms with Crippen LogP contribution in [0.2, 0.25) is 10.0 Å². The molecule has 11 heteroatoms. The number of hydrogen-bond acceptors (Lipinski definition) is 6. The van der Waals surface area contributed by atoms with Crippen LogP contribution in [0.15, 0.2) is 53.4 Å². The Kier molecular flexibility index (Phi) is 6.62.